The van der Waals surface area contributed by atoms with Crippen LogP contribution in [0.25, 0.3) is 0 Å². The first-order valence-electron chi connectivity index (χ1n) is 20.1. The third-order valence-electron chi connectivity index (χ3n) is 9.00. The molecule has 9 heteroatoms. The lowest BCUT2D eigenvalue weighted by Crippen LogP contribution is -2.45. The van der Waals surface area contributed by atoms with E-state index in [0.29, 0.717) is 17.4 Å². The number of aliphatic hydroxyl groups is 1. The molecule has 0 saturated heterocycles. The summed E-state index contributed by atoms with van der Waals surface area (Å²) in [6, 6.07) is -0.877. The van der Waals surface area contributed by atoms with Crippen LogP contribution >= 0.6 is 7.82 Å². The maximum Gasteiger partial charge on any atom is 0.268 e. The fourth-order valence-corrected chi connectivity index (χ4v) is 6.46. The van der Waals surface area contributed by atoms with Crippen molar-refractivity contribution < 1.29 is 32.9 Å². The highest BCUT2D eigenvalue weighted by Crippen LogP contribution is 2.38. The Hall–Kier alpha value is -0.760. The minimum absolute atomic E-state index is 0.00175. The van der Waals surface area contributed by atoms with Crippen LogP contribution in [0.3, 0.4) is 0 Å². The molecule has 0 fully saturated rings. The predicted octanol–water partition coefficient (Wildman–Crippen LogP) is 9.78. The molecule has 0 bridgehead atoms. The lowest BCUT2D eigenvalue weighted by Gasteiger charge is -2.29. The molecule has 0 aromatic heterocycles. The maximum absolute atomic E-state index is 12.8. The first-order chi connectivity index (χ1) is 23.0. The van der Waals surface area contributed by atoms with E-state index in [0.717, 1.165) is 38.5 Å². The normalized spacial score (nSPS) is 14.7. The summed E-state index contributed by atoms with van der Waals surface area (Å²) in [6.45, 7) is 4.63. The Morgan fingerprint density at radius 1 is 0.708 bits per heavy atom. The van der Waals surface area contributed by atoms with E-state index < -0.39 is 20.0 Å². The summed E-state index contributed by atoms with van der Waals surface area (Å²) in [5.41, 5.74) is 0. The van der Waals surface area contributed by atoms with E-state index in [1.165, 1.54) is 122 Å². The third kappa shape index (κ3) is 33.7. The standard InChI is InChI=1S/C39H79N2O6P/c1-6-8-10-12-14-16-18-20-22-24-26-28-30-32-38(42)37(36-47-48(44,45)46-35-34-41(3,4)5)40-39(43)33-31-29-27-25-23-21-19-17-15-13-11-9-7-2/h30,32,37-38,42H,6-29,31,33-36H2,1-5H3,(H-,40,43,44,45)/b32-30+/t37-,38+/m1/s1. The summed E-state index contributed by atoms with van der Waals surface area (Å²) in [4.78, 5) is 25.2. The lowest BCUT2D eigenvalue weighted by molar-refractivity contribution is -0.870. The van der Waals surface area contributed by atoms with Crippen LogP contribution in [0.5, 0.6) is 0 Å². The third-order valence-corrected chi connectivity index (χ3v) is 9.96. The van der Waals surface area contributed by atoms with Gasteiger partial charge in [0.25, 0.3) is 7.82 Å². The van der Waals surface area contributed by atoms with Crippen LogP contribution in [0.4, 0.5) is 0 Å². The second-order valence-electron chi connectivity index (χ2n) is 15.0. The van der Waals surface area contributed by atoms with Gasteiger partial charge in [-0.2, -0.15) is 0 Å². The Balaban J connectivity index is 4.50. The molecule has 0 aliphatic heterocycles. The molecule has 3 atom stereocenters. The molecule has 2 N–H and O–H groups in total. The number of likely N-dealkylation sites (N-methyl/N-ethyl adjacent to an activating group) is 1. The van der Waals surface area contributed by atoms with Crippen molar-refractivity contribution in [3.63, 3.8) is 0 Å². The number of carbonyl (C=O) groups excluding carboxylic acids is 1. The summed E-state index contributed by atoms with van der Waals surface area (Å²) in [5, 5.41) is 13.7. The minimum Gasteiger partial charge on any atom is -0.756 e. The van der Waals surface area contributed by atoms with Gasteiger partial charge in [0.05, 0.1) is 39.9 Å². The van der Waals surface area contributed by atoms with Crippen molar-refractivity contribution in [1.82, 2.24) is 5.32 Å². The number of quaternary nitrogens is 1. The first kappa shape index (κ1) is 47.2. The number of phosphoric acid groups is 1. The van der Waals surface area contributed by atoms with Gasteiger partial charge in [-0.3, -0.25) is 9.36 Å². The van der Waals surface area contributed by atoms with Crippen LogP contribution in [-0.2, 0) is 18.4 Å². The topological polar surface area (TPSA) is 108 Å². The van der Waals surface area contributed by atoms with Gasteiger partial charge in [0.2, 0.25) is 5.91 Å². The van der Waals surface area contributed by atoms with Crippen LogP contribution in [0, 0.1) is 0 Å². The van der Waals surface area contributed by atoms with E-state index in [2.05, 4.69) is 19.2 Å². The first-order valence-corrected chi connectivity index (χ1v) is 21.5. The molecule has 48 heavy (non-hydrogen) atoms. The largest absolute Gasteiger partial charge is 0.756 e. The molecule has 1 amide bonds. The van der Waals surface area contributed by atoms with Gasteiger partial charge in [-0.15, -0.1) is 0 Å². The highest BCUT2D eigenvalue weighted by molar-refractivity contribution is 7.45. The molecule has 0 aliphatic rings. The number of hydrogen-bond donors (Lipinski definition) is 2. The van der Waals surface area contributed by atoms with Crippen molar-refractivity contribution in [3.8, 4) is 0 Å². The molecule has 286 valence electrons. The van der Waals surface area contributed by atoms with Gasteiger partial charge in [-0.25, -0.2) is 0 Å². The van der Waals surface area contributed by atoms with Gasteiger partial charge in [-0.05, 0) is 19.3 Å². The van der Waals surface area contributed by atoms with Crippen molar-refractivity contribution >= 4 is 13.7 Å². The zero-order valence-corrected chi connectivity index (χ0v) is 33.1. The SMILES string of the molecule is CCCCCCCCCCCCC/C=C/[C@H](O)[C@@H](COP(=O)([O-])OCC[N+](C)(C)C)NC(=O)CCCCCCCCCCCCCCC. The van der Waals surface area contributed by atoms with Crippen LogP contribution in [0.1, 0.15) is 181 Å². The number of nitrogens with one attached hydrogen (secondary N) is 1. The van der Waals surface area contributed by atoms with E-state index in [-0.39, 0.29) is 19.1 Å². The molecule has 0 rings (SSSR count). The number of phosphoric ester groups is 1. The highest BCUT2D eigenvalue weighted by atomic mass is 31.2. The lowest BCUT2D eigenvalue weighted by atomic mass is 10.0. The summed E-state index contributed by atoms with van der Waals surface area (Å²) in [6.07, 6.45) is 33.8. The molecule has 0 heterocycles. The number of hydrogen-bond acceptors (Lipinski definition) is 6. The smallest absolute Gasteiger partial charge is 0.268 e. The van der Waals surface area contributed by atoms with Gasteiger partial charge in [0, 0.05) is 6.42 Å². The Morgan fingerprint density at radius 2 is 1.12 bits per heavy atom. The average Bonchev–Trinajstić information content (AvgIpc) is 3.02. The molecular weight excluding hydrogens is 623 g/mol. The Kier molecular flexibility index (Phi) is 31.7. The Morgan fingerprint density at radius 3 is 1.56 bits per heavy atom. The predicted molar refractivity (Wildman–Crippen MR) is 201 cm³/mol. The minimum atomic E-state index is -4.57. The van der Waals surface area contributed by atoms with E-state index in [9.17, 15) is 19.4 Å². The molecule has 0 aromatic carbocycles. The van der Waals surface area contributed by atoms with E-state index >= 15 is 0 Å². The van der Waals surface area contributed by atoms with Crippen LogP contribution in [0.2, 0.25) is 0 Å². The van der Waals surface area contributed by atoms with E-state index in [4.69, 9.17) is 9.05 Å². The number of unbranched alkanes of at least 4 members (excludes halogenated alkanes) is 23. The monoisotopic (exact) mass is 703 g/mol. The quantitative estimate of drug-likeness (QED) is 0.0291. The Bertz CT molecular complexity index is 804. The number of allylic oxidation sites excluding steroid dienone is 1. The summed E-state index contributed by atoms with van der Waals surface area (Å²) < 4.78 is 23.1. The van der Waals surface area contributed by atoms with Crippen molar-refractivity contribution in [1.29, 1.82) is 0 Å². The van der Waals surface area contributed by atoms with Gasteiger partial charge >= 0.3 is 0 Å². The van der Waals surface area contributed by atoms with Crippen molar-refractivity contribution in [2.24, 2.45) is 0 Å². The number of aliphatic hydroxyl groups excluding tert-OH is 1. The van der Waals surface area contributed by atoms with Gasteiger partial charge in [-0.1, -0.05) is 167 Å². The average molecular weight is 703 g/mol. The van der Waals surface area contributed by atoms with Gasteiger partial charge < -0.3 is 28.8 Å². The molecule has 8 nitrogen and oxygen atoms in total. The summed E-state index contributed by atoms with van der Waals surface area (Å²) in [7, 11) is 1.27. The number of amides is 1. The maximum atomic E-state index is 12.8. The van der Waals surface area contributed by atoms with Crippen LogP contribution in [-0.4, -0.2) is 68.5 Å². The second kappa shape index (κ2) is 32.2. The number of nitrogens with zero attached hydrogens (tertiary/aromatic N) is 1. The zero-order chi connectivity index (χ0) is 35.8. The number of rotatable bonds is 36. The van der Waals surface area contributed by atoms with Gasteiger partial charge in [0.1, 0.15) is 13.2 Å². The fraction of sp³-hybridized carbons (Fsp3) is 0.923. The Labute approximate surface area is 297 Å². The summed E-state index contributed by atoms with van der Waals surface area (Å²) in [5.74, 6) is -0.198. The number of carbonyl (C=O) groups is 1. The van der Waals surface area contributed by atoms with E-state index in [1.807, 2.05) is 27.2 Å². The van der Waals surface area contributed by atoms with Crippen LogP contribution < -0.4 is 10.2 Å². The van der Waals surface area contributed by atoms with E-state index in [1.54, 1.807) is 6.08 Å². The van der Waals surface area contributed by atoms with Crippen molar-refractivity contribution in [2.75, 3.05) is 40.9 Å². The molecule has 0 saturated carbocycles. The molecule has 0 aromatic rings. The second-order valence-corrected chi connectivity index (χ2v) is 16.4. The highest BCUT2D eigenvalue weighted by Gasteiger charge is 2.23. The van der Waals surface area contributed by atoms with Crippen LogP contribution in [0.15, 0.2) is 12.2 Å². The summed E-state index contributed by atoms with van der Waals surface area (Å²) >= 11 is 0. The molecule has 0 aliphatic carbocycles. The molecule has 0 spiro atoms. The molecule has 1 unspecified atom stereocenters. The van der Waals surface area contributed by atoms with Crippen molar-refractivity contribution in [2.45, 2.75) is 193 Å². The van der Waals surface area contributed by atoms with Gasteiger partial charge in [0.15, 0.2) is 0 Å². The molecular formula is C39H79N2O6P. The fourth-order valence-electron chi connectivity index (χ4n) is 5.74. The zero-order valence-electron chi connectivity index (χ0n) is 32.2. The molecule has 0 radical (unpaired) electrons. The van der Waals surface area contributed by atoms with Crippen molar-refractivity contribution in [3.05, 3.63) is 12.2 Å².